The summed E-state index contributed by atoms with van der Waals surface area (Å²) in [5, 5.41) is 37.8. The number of nitrogens with two attached hydrogens (primary N) is 1. The third-order valence-corrected chi connectivity index (χ3v) is 7.81. The van der Waals surface area contributed by atoms with Gasteiger partial charge in [0.15, 0.2) is 0 Å². The van der Waals surface area contributed by atoms with E-state index in [0.29, 0.717) is 13.1 Å². The van der Waals surface area contributed by atoms with Gasteiger partial charge in [-0.2, -0.15) is 0 Å². The molecule has 0 heterocycles. The number of carbonyl (C=O) groups excluding carboxylic acids is 2. The Bertz CT molecular complexity index is 1130. The number of esters is 1. The fourth-order valence-corrected chi connectivity index (χ4v) is 3.76. The second-order valence-corrected chi connectivity index (χ2v) is 10.4. The number of rotatable bonds is 10. The summed E-state index contributed by atoms with van der Waals surface area (Å²) in [5.74, 6) is 4.03. The van der Waals surface area contributed by atoms with Crippen LogP contribution in [0.1, 0.15) is 36.1 Å². The van der Waals surface area contributed by atoms with Gasteiger partial charge < -0.3 is 36.2 Å². The van der Waals surface area contributed by atoms with Crippen molar-refractivity contribution in [1.29, 1.82) is 0 Å². The van der Waals surface area contributed by atoms with Crippen LogP contribution in [0.3, 0.4) is 0 Å². The van der Waals surface area contributed by atoms with Gasteiger partial charge in [0.25, 0.3) is 0 Å². The number of alkyl halides is 1. The quantitative estimate of drug-likeness (QED) is 0.0599. The first-order valence-electron chi connectivity index (χ1n) is 12.7. The second-order valence-electron chi connectivity index (χ2n) is 8.28. The normalized spacial score (nSPS) is 9.82. The van der Waals surface area contributed by atoms with Gasteiger partial charge in [0.2, 0.25) is 5.91 Å². The number of carbonyl (C=O) groups is 2. The van der Waals surface area contributed by atoms with Crippen LogP contribution in [0.4, 0.5) is 11.4 Å². The number of anilines is 2. The molecular weight excluding hydrogens is 783 g/mol. The molecule has 0 aliphatic carbocycles. The monoisotopic (exact) mass is 820 g/mol. The molecule has 6 N–H and O–H groups in total. The fourth-order valence-electron chi connectivity index (χ4n) is 3.14. The summed E-state index contributed by atoms with van der Waals surface area (Å²) in [6, 6.07) is 8.00. The summed E-state index contributed by atoms with van der Waals surface area (Å²) in [6.07, 6.45) is 0. The van der Waals surface area contributed by atoms with Crippen LogP contribution in [0.2, 0.25) is 0 Å². The molecule has 0 saturated carbocycles. The van der Waals surface area contributed by atoms with Gasteiger partial charge in [0, 0.05) is 40.4 Å². The molecular formula is C26H40Br3N8NaO6. The van der Waals surface area contributed by atoms with Gasteiger partial charge in [0.1, 0.15) is 11.9 Å². The summed E-state index contributed by atoms with van der Waals surface area (Å²) in [4.78, 5) is 24.4. The van der Waals surface area contributed by atoms with Gasteiger partial charge in [-0.05, 0) is 81.1 Å². The molecule has 2 rings (SSSR count). The summed E-state index contributed by atoms with van der Waals surface area (Å²) in [5.41, 5.74) is 8.63. The minimum Gasteiger partial charge on any atom is -0.463 e. The molecule has 2 aromatic rings. The number of nitrogens with one attached hydrogen (secondary N) is 1. The van der Waals surface area contributed by atoms with Crippen molar-refractivity contribution >= 4 is 71.0 Å². The van der Waals surface area contributed by atoms with Crippen LogP contribution < -0.4 is 45.6 Å². The third kappa shape index (κ3) is 21.1. The van der Waals surface area contributed by atoms with Crippen molar-refractivity contribution in [3.05, 3.63) is 61.1 Å². The molecule has 0 aliphatic heterocycles. The van der Waals surface area contributed by atoms with Gasteiger partial charge in [-0.1, -0.05) is 53.0 Å². The molecule has 0 aromatic heterocycles. The molecule has 0 radical (unpaired) electrons. The molecule has 1 amide bonds. The standard InChI is InChI=1S/C14H17Br2NO3.C10H14BrNO.C2H6O.H3N6O.Na/c1-9-6-12(7-10(2)14(9)16)17(11(3)18)4-5-20-13(19)8-15;1-7-5-9(12-3-4-13)6-8(2)10(7)11;1-2-3;1-2-3-4-5-6-7;/h6-7H,4-5,8H2,1-3H3;5-6,12-13H,3-4H2,1-2H3;3H,2H2,1H3;(H3-,1,2,3,4,5,6,7);/q;;;-1;+1. The number of halogens is 3. The minimum absolute atomic E-state index is 0. The Balaban J connectivity index is -0.000000600. The first-order valence-corrected chi connectivity index (χ1v) is 15.4. The number of benzene rings is 2. The summed E-state index contributed by atoms with van der Waals surface area (Å²) in [7, 11) is 0. The molecule has 0 atom stereocenters. The van der Waals surface area contributed by atoms with Crippen LogP contribution >= 0.6 is 47.8 Å². The first kappa shape index (κ1) is 46.7. The number of amides is 1. The van der Waals surface area contributed by atoms with Gasteiger partial charge in [-0.15, -0.1) is 5.22 Å². The fraction of sp³-hybridized carbons (Fsp3) is 0.462. The number of aliphatic hydroxyl groups excluding tert-OH is 2. The van der Waals surface area contributed by atoms with Gasteiger partial charge in [0.05, 0.1) is 13.2 Å². The SMILES string of the molecule is CC(=O)N(CCOC(=O)CBr)c1cc(C)c(Br)c(C)c1.CCO.Cc1cc(NCCO)cc(C)c1Br.N/N=N/N=N/[N-]O.[Na+]. The van der Waals surface area contributed by atoms with Crippen molar-refractivity contribution in [3.8, 4) is 0 Å². The van der Waals surface area contributed by atoms with Crippen molar-refractivity contribution in [2.75, 3.05) is 48.5 Å². The predicted octanol–water partition coefficient (Wildman–Crippen LogP) is 3.19. The van der Waals surface area contributed by atoms with Crippen LogP contribution in [0.15, 0.2) is 54.1 Å². The average Bonchev–Trinajstić information content (AvgIpc) is 2.96. The number of aryl methyl sites for hydroxylation is 4. The van der Waals surface area contributed by atoms with E-state index in [0.717, 1.165) is 31.4 Å². The van der Waals surface area contributed by atoms with Crippen molar-refractivity contribution in [2.45, 2.75) is 41.5 Å². The van der Waals surface area contributed by atoms with Crippen molar-refractivity contribution in [3.63, 3.8) is 0 Å². The Kier molecular flexibility index (Phi) is 30.5. The smallest absolute Gasteiger partial charge is 0.463 e. The van der Waals surface area contributed by atoms with Gasteiger partial charge in [-0.3, -0.25) is 15.2 Å². The van der Waals surface area contributed by atoms with E-state index in [1.165, 1.54) is 18.1 Å². The predicted molar refractivity (Wildman–Crippen MR) is 177 cm³/mol. The largest absolute Gasteiger partial charge is 1.00 e. The van der Waals surface area contributed by atoms with E-state index in [2.05, 4.69) is 111 Å². The molecule has 44 heavy (non-hydrogen) atoms. The molecule has 242 valence electrons. The molecule has 14 nitrogen and oxygen atoms in total. The molecule has 0 fully saturated rings. The first-order chi connectivity index (χ1) is 20.3. The maximum absolute atomic E-state index is 11.8. The van der Waals surface area contributed by atoms with Gasteiger partial charge in [-0.25, -0.2) is 10.4 Å². The molecule has 0 bridgehead atoms. The van der Waals surface area contributed by atoms with E-state index < -0.39 is 0 Å². The Labute approximate surface area is 305 Å². The average molecular weight is 823 g/mol. The summed E-state index contributed by atoms with van der Waals surface area (Å²) in [6.45, 7) is 12.8. The van der Waals surface area contributed by atoms with Crippen LogP contribution in [-0.4, -0.2) is 65.5 Å². The Morgan fingerprint density at radius 3 is 1.86 bits per heavy atom. The number of hydrogen-bond acceptors (Lipinski definition) is 9. The number of hydrogen-bond donors (Lipinski definition) is 5. The molecule has 0 aliphatic rings. The van der Waals surface area contributed by atoms with E-state index in [4.69, 9.17) is 20.2 Å². The molecule has 2 aromatic carbocycles. The van der Waals surface area contributed by atoms with E-state index in [9.17, 15) is 9.59 Å². The zero-order valence-corrected chi connectivity index (χ0v) is 32.8. The Morgan fingerprint density at radius 1 is 1.00 bits per heavy atom. The molecule has 18 heteroatoms. The van der Waals surface area contributed by atoms with E-state index in [1.807, 2.05) is 26.0 Å². The maximum Gasteiger partial charge on any atom is 1.00 e. The number of ether oxygens (including phenoxy) is 1. The third-order valence-electron chi connectivity index (χ3n) is 4.85. The summed E-state index contributed by atoms with van der Waals surface area (Å²) >= 11 is 10.0. The topological polar surface area (TPSA) is 209 Å². The Morgan fingerprint density at radius 2 is 1.48 bits per heavy atom. The molecule has 0 saturated heterocycles. The second kappa shape index (κ2) is 28.8. The van der Waals surface area contributed by atoms with E-state index >= 15 is 0 Å². The zero-order valence-electron chi connectivity index (χ0n) is 26.0. The minimum atomic E-state index is -0.336. The van der Waals surface area contributed by atoms with Crippen molar-refractivity contribution in [1.82, 2.24) is 0 Å². The number of nitrogens with zero attached hydrogens (tertiary/aromatic N) is 6. The number of aliphatic hydroxyl groups is 2. The van der Waals surface area contributed by atoms with Crippen molar-refractivity contribution in [2.24, 2.45) is 26.7 Å². The maximum atomic E-state index is 11.8. The molecule has 0 spiro atoms. The van der Waals surface area contributed by atoms with E-state index in [-0.39, 0.29) is 66.6 Å². The zero-order chi connectivity index (χ0) is 33.4. The van der Waals surface area contributed by atoms with Crippen molar-refractivity contribution < 1.29 is 59.3 Å². The van der Waals surface area contributed by atoms with Gasteiger partial charge >= 0.3 is 35.5 Å². The van der Waals surface area contributed by atoms with Crippen LogP contribution in [0, 0.1) is 27.7 Å². The summed E-state index contributed by atoms with van der Waals surface area (Å²) < 4.78 is 7.18. The molecule has 0 unspecified atom stereocenters. The van der Waals surface area contributed by atoms with Crippen LogP contribution in [0.25, 0.3) is 5.59 Å². The van der Waals surface area contributed by atoms with Crippen LogP contribution in [0.5, 0.6) is 0 Å². The van der Waals surface area contributed by atoms with E-state index in [1.54, 1.807) is 11.8 Å². The van der Waals surface area contributed by atoms with Crippen LogP contribution in [-0.2, 0) is 14.3 Å². The Hall–Kier alpha value is -1.70.